The van der Waals surface area contributed by atoms with Crippen molar-refractivity contribution < 1.29 is 32.5 Å². The number of hydrogen-bond acceptors (Lipinski definition) is 11. The third-order valence-electron chi connectivity index (χ3n) is 7.57. The minimum Gasteiger partial charge on any atom is -0.495 e. The second kappa shape index (κ2) is 13.5. The first-order valence-corrected chi connectivity index (χ1v) is 14.4. The molecule has 2 aliphatic rings. The van der Waals surface area contributed by atoms with Crippen molar-refractivity contribution >= 4 is 46.1 Å². The number of halogens is 4. The molecule has 44 heavy (non-hydrogen) atoms. The van der Waals surface area contributed by atoms with Crippen molar-refractivity contribution in [3.8, 4) is 11.5 Å². The minimum atomic E-state index is -4.68. The Morgan fingerprint density at radius 1 is 1.02 bits per heavy atom. The van der Waals surface area contributed by atoms with Gasteiger partial charge in [0.1, 0.15) is 16.5 Å². The molecule has 0 amide bonds. The molecule has 2 aromatic carbocycles. The SMILES string of the molecule is COc1cc2c(cc1Nc1ncc(Cl)c(Nc3ccc(N4CCOCC4)cc3OC)n1)N(C)CCN(CC(O)C(F)(F)F)C2. The second-order valence-electron chi connectivity index (χ2n) is 10.5. The van der Waals surface area contributed by atoms with Crippen LogP contribution in [0.15, 0.2) is 36.5 Å². The van der Waals surface area contributed by atoms with Crippen molar-refractivity contribution in [3.63, 3.8) is 0 Å². The van der Waals surface area contributed by atoms with Crippen LogP contribution in [0.25, 0.3) is 0 Å². The third kappa shape index (κ3) is 7.32. The number of alkyl halides is 3. The second-order valence-corrected chi connectivity index (χ2v) is 10.9. The van der Waals surface area contributed by atoms with Crippen LogP contribution in [0.4, 0.5) is 47.7 Å². The van der Waals surface area contributed by atoms with Crippen molar-refractivity contribution in [2.45, 2.75) is 18.8 Å². The van der Waals surface area contributed by atoms with Gasteiger partial charge in [-0.15, -0.1) is 0 Å². The molecule has 0 spiro atoms. The zero-order valence-corrected chi connectivity index (χ0v) is 25.4. The predicted octanol–water partition coefficient (Wildman–Crippen LogP) is 4.65. The minimum absolute atomic E-state index is 0.209. The molecule has 0 bridgehead atoms. The smallest absolute Gasteiger partial charge is 0.415 e. The van der Waals surface area contributed by atoms with Gasteiger partial charge >= 0.3 is 6.18 Å². The number of anilines is 6. The first-order valence-electron chi connectivity index (χ1n) is 14.0. The summed E-state index contributed by atoms with van der Waals surface area (Å²) in [6, 6.07) is 9.45. The van der Waals surface area contributed by atoms with Crippen molar-refractivity contribution in [2.24, 2.45) is 0 Å². The van der Waals surface area contributed by atoms with E-state index in [0.29, 0.717) is 60.0 Å². The van der Waals surface area contributed by atoms with E-state index in [0.717, 1.165) is 30.0 Å². The zero-order chi connectivity index (χ0) is 31.4. The van der Waals surface area contributed by atoms with E-state index in [-0.39, 0.29) is 12.5 Å². The molecule has 1 saturated heterocycles. The highest BCUT2D eigenvalue weighted by Gasteiger charge is 2.39. The maximum absolute atomic E-state index is 13.0. The van der Waals surface area contributed by atoms with Gasteiger partial charge in [-0.05, 0) is 29.8 Å². The summed E-state index contributed by atoms with van der Waals surface area (Å²) in [7, 11) is 4.95. The van der Waals surface area contributed by atoms with E-state index in [1.165, 1.54) is 13.3 Å². The molecule has 15 heteroatoms. The zero-order valence-electron chi connectivity index (χ0n) is 24.6. The Labute approximate surface area is 258 Å². The fourth-order valence-corrected chi connectivity index (χ4v) is 5.30. The third-order valence-corrected chi connectivity index (χ3v) is 7.85. The number of aliphatic hydroxyl groups is 1. The fraction of sp³-hybridized carbons (Fsp3) is 0.448. The van der Waals surface area contributed by atoms with Gasteiger partial charge in [0, 0.05) is 63.8 Å². The maximum Gasteiger partial charge on any atom is 0.415 e. The van der Waals surface area contributed by atoms with E-state index in [1.807, 2.05) is 36.2 Å². The number of β-amino-alcohol motifs (C(OH)–C–C–N with tert-alkyl or cyclic N) is 1. The summed E-state index contributed by atoms with van der Waals surface area (Å²) < 4.78 is 55.7. The molecule has 1 unspecified atom stereocenters. The van der Waals surface area contributed by atoms with Crippen LogP contribution < -0.4 is 29.9 Å². The van der Waals surface area contributed by atoms with E-state index in [4.69, 9.17) is 25.8 Å². The van der Waals surface area contributed by atoms with Crippen molar-refractivity contribution in [2.75, 3.05) is 87.6 Å². The van der Waals surface area contributed by atoms with Gasteiger partial charge in [0.2, 0.25) is 5.95 Å². The number of fused-ring (bicyclic) bond motifs is 1. The summed E-state index contributed by atoms with van der Waals surface area (Å²) in [5, 5.41) is 16.3. The van der Waals surface area contributed by atoms with Crippen LogP contribution in [-0.4, -0.2) is 99.5 Å². The summed E-state index contributed by atoms with van der Waals surface area (Å²) in [5.41, 5.74) is 3.80. The van der Waals surface area contributed by atoms with Crippen LogP contribution in [0, 0.1) is 0 Å². The number of ether oxygens (including phenoxy) is 3. The average molecular weight is 638 g/mol. The molecule has 11 nitrogen and oxygen atoms in total. The lowest BCUT2D eigenvalue weighted by molar-refractivity contribution is -0.208. The average Bonchev–Trinajstić information content (AvgIpc) is 3.16. The number of nitrogens with zero attached hydrogens (tertiary/aromatic N) is 5. The van der Waals surface area contributed by atoms with Crippen LogP contribution in [-0.2, 0) is 11.3 Å². The first-order chi connectivity index (χ1) is 21.0. The predicted molar refractivity (Wildman–Crippen MR) is 163 cm³/mol. The summed E-state index contributed by atoms with van der Waals surface area (Å²) in [5.74, 6) is 1.66. The molecule has 1 atom stereocenters. The molecule has 0 saturated carbocycles. The van der Waals surface area contributed by atoms with Gasteiger partial charge < -0.3 is 39.8 Å². The molecule has 3 N–H and O–H groups in total. The van der Waals surface area contributed by atoms with Crippen molar-refractivity contribution in [1.29, 1.82) is 0 Å². The Hall–Kier alpha value is -3.72. The van der Waals surface area contributed by atoms with Gasteiger partial charge in [-0.1, -0.05) is 11.6 Å². The number of rotatable bonds is 9. The number of methoxy groups -OCH3 is 2. The Bertz CT molecular complexity index is 1460. The lowest BCUT2D eigenvalue weighted by Crippen LogP contribution is -2.42. The summed E-state index contributed by atoms with van der Waals surface area (Å²) in [6.45, 7) is 3.43. The van der Waals surface area contributed by atoms with Crippen LogP contribution in [0.5, 0.6) is 11.5 Å². The number of nitrogens with one attached hydrogen (secondary N) is 2. The fourth-order valence-electron chi connectivity index (χ4n) is 5.16. The molecule has 3 aromatic rings. The standard InChI is InChI=1S/C29H35ClF3N7O4/c1-38-6-7-39(17-26(41)29(31,32)33)16-18-12-24(42-2)22(14-23(18)38)36-28-34-15-20(30)27(37-28)35-21-5-4-19(13-25(21)43-3)40-8-10-44-11-9-40/h4-5,12-15,26,41H,6-11,16-17H2,1-3H3,(H2,34,35,36,37). The Morgan fingerprint density at radius 3 is 2.45 bits per heavy atom. The summed E-state index contributed by atoms with van der Waals surface area (Å²) in [4.78, 5) is 14.7. The summed E-state index contributed by atoms with van der Waals surface area (Å²) >= 11 is 6.46. The molecule has 2 aliphatic heterocycles. The molecule has 238 valence electrons. The van der Waals surface area contributed by atoms with Gasteiger partial charge in [-0.2, -0.15) is 18.2 Å². The van der Waals surface area contributed by atoms with Crippen LogP contribution in [0.3, 0.4) is 0 Å². The van der Waals surface area contributed by atoms with E-state index in [9.17, 15) is 18.3 Å². The summed E-state index contributed by atoms with van der Waals surface area (Å²) in [6.07, 6.45) is -5.64. The quantitative estimate of drug-likeness (QED) is 0.305. The monoisotopic (exact) mass is 637 g/mol. The van der Waals surface area contributed by atoms with E-state index >= 15 is 0 Å². The number of morpholine rings is 1. The molecular weight excluding hydrogens is 603 g/mol. The molecule has 1 fully saturated rings. The van der Waals surface area contributed by atoms with E-state index < -0.39 is 18.8 Å². The topological polar surface area (TPSA) is 107 Å². The van der Waals surface area contributed by atoms with Crippen LogP contribution >= 0.6 is 11.6 Å². The molecule has 0 radical (unpaired) electrons. The lowest BCUT2D eigenvalue weighted by Gasteiger charge is -2.29. The van der Waals surface area contributed by atoms with Gasteiger partial charge in [-0.3, -0.25) is 4.90 Å². The highest BCUT2D eigenvalue weighted by molar-refractivity contribution is 6.33. The number of likely N-dealkylation sites (N-methyl/N-ethyl adjacent to an activating group) is 1. The lowest BCUT2D eigenvalue weighted by atomic mass is 10.1. The Balaban J connectivity index is 1.36. The molecular formula is C29H35ClF3N7O4. The highest BCUT2D eigenvalue weighted by Crippen LogP contribution is 2.38. The number of aliphatic hydroxyl groups excluding tert-OH is 1. The number of benzene rings is 2. The van der Waals surface area contributed by atoms with Gasteiger partial charge in [0.05, 0.1) is 45.0 Å². The first kappa shape index (κ1) is 31.7. The van der Waals surface area contributed by atoms with Gasteiger partial charge in [-0.25, -0.2) is 4.98 Å². The van der Waals surface area contributed by atoms with E-state index in [2.05, 4.69) is 25.5 Å². The normalized spacial score (nSPS) is 16.6. The van der Waals surface area contributed by atoms with E-state index in [1.54, 1.807) is 18.1 Å². The highest BCUT2D eigenvalue weighted by atomic mass is 35.5. The molecule has 3 heterocycles. The number of aromatic nitrogens is 2. The maximum atomic E-state index is 13.0. The van der Waals surface area contributed by atoms with Crippen LogP contribution in [0.1, 0.15) is 5.56 Å². The Morgan fingerprint density at radius 2 is 1.75 bits per heavy atom. The van der Waals surface area contributed by atoms with Crippen molar-refractivity contribution in [3.05, 3.63) is 47.1 Å². The van der Waals surface area contributed by atoms with Gasteiger partial charge in [0.15, 0.2) is 11.9 Å². The molecule has 0 aliphatic carbocycles. The molecule has 1 aromatic heterocycles. The van der Waals surface area contributed by atoms with Crippen LogP contribution in [0.2, 0.25) is 5.02 Å². The molecule has 5 rings (SSSR count). The Kier molecular flexibility index (Phi) is 9.73. The largest absolute Gasteiger partial charge is 0.495 e. The number of hydrogen-bond donors (Lipinski definition) is 3. The van der Waals surface area contributed by atoms with Gasteiger partial charge in [0.25, 0.3) is 0 Å². The van der Waals surface area contributed by atoms with Crippen molar-refractivity contribution in [1.82, 2.24) is 14.9 Å².